The minimum Gasteiger partial charge on any atom is -0.462 e. The summed E-state index contributed by atoms with van der Waals surface area (Å²) in [7, 11) is 0. The summed E-state index contributed by atoms with van der Waals surface area (Å²) in [5.41, 5.74) is 0. The van der Waals surface area contributed by atoms with Gasteiger partial charge in [-0.1, -0.05) is 0 Å². The van der Waals surface area contributed by atoms with Gasteiger partial charge in [-0.25, -0.2) is 0 Å². The number of hydrogen-bond donors (Lipinski definition) is 1. The first-order valence-electron chi connectivity index (χ1n) is 6.09. The molecule has 1 amide bonds. The fourth-order valence-electron chi connectivity index (χ4n) is 3.74. The molecule has 3 rings (SSSR count). The van der Waals surface area contributed by atoms with Crippen molar-refractivity contribution in [2.24, 2.45) is 23.7 Å². The van der Waals surface area contributed by atoms with Crippen molar-refractivity contribution in [2.75, 3.05) is 0 Å². The van der Waals surface area contributed by atoms with Crippen molar-refractivity contribution in [1.29, 1.82) is 0 Å². The average molecular weight is 223 g/mol. The van der Waals surface area contributed by atoms with E-state index in [1.54, 1.807) is 0 Å². The number of esters is 1. The number of fused-ring (bicyclic) bond motifs is 1. The Labute approximate surface area is 94.7 Å². The van der Waals surface area contributed by atoms with E-state index in [1.165, 1.54) is 0 Å². The van der Waals surface area contributed by atoms with Crippen molar-refractivity contribution in [1.82, 2.24) is 5.32 Å². The highest BCUT2D eigenvalue weighted by molar-refractivity contribution is 5.88. The first kappa shape index (κ1) is 10.1. The molecule has 0 aromatic rings. The maximum atomic E-state index is 12.1. The summed E-state index contributed by atoms with van der Waals surface area (Å²) in [5.74, 6) is 0.315. The molecular formula is C12H17NO3. The van der Waals surface area contributed by atoms with Gasteiger partial charge in [-0.05, 0) is 32.6 Å². The minimum absolute atomic E-state index is 0.0461. The lowest BCUT2D eigenvalue weighted by atomic mass is 9.79. The molecule has 4 nitrogen and oxygen atoms in total. The molecule has 2 bridgehead atoms. The van der Waals surface area contributed by atoms with Gasteiger partial charge in [-0.2, -0.15) is 0 Å². The third-order valence-electron chi connectivity index (χ3n) is 4.22. The molecule has 3 fully saturated rings. The molecule has 4 heteroatoms. The van der Waals surface area contributed by atoms with Crippen LogP contribution in [0.4, 0.5) is 0 Å². The molecule has 16 heavy (non-hydrogen) atoms. The first-order valence-corrected chi connectivity index (χ1v) is 6.09. The Bertz CT molecular complexity index is 350. The standard InChI is InChI=1S/C12H17NO3/c1-5(2)13-11(14)9-6-3-7-8(4-6)16-12(15)10(7)9/h5-10H,3-4H2,1-2H3,(H,13,14)/t6-,7+,8-,9+,10+/m1/s1. The molecule has 0 unspecified atom stereocenters. The molecule has 0 aromatic carbocycles. The molecule has 1 N–H and O–H groups in total. The van der Waals surface area contributed by atoms with E-state index in [2.05, 4.69) is 5.32 Å². The third-order valence-corrected chi connectivity index (χ3v) is 4.22. The molecule has 1 heterocycles. The Kier molecular flexibility index (Phi) is 2.03. The van der Waals surface area contributed by atoms with Gasteiger partial charge < -0.3 is 10.1 Å². The first-order chi connectivity index (χ1) is 7.58. The Morgan fingerprint density at radius 1 is 1.44 bits per heavy atom. The van der Waals surface area contributed by atoms with E-state index in [4.69, 9.17) is 4.74 Å². The highest BCUT2D eigenvalue weighted by atomic mass is 16.6. The van der Waals surface area contributed by atoms with E-state index in [-0.39, 0.29) is 35.9 Å². The normalized spacial score (nSPS) is 43.9. The van der Waals surface area contributed by atoms with Gasteiger partial charge in [0.1, 0.15) is 6.10 Å². The summed E-state index contributed by atoms with van der Waals surface area (Å²) in [6, 6.07) is 0.139. The van der Waals surface area contributed by atoms with Gasteiger partial charge in [-0.3, -0.25) is 9.59 Å². The highest BCUT2D eigenvalue weighted by Gasteiger charge is 2.63. The predicted molar refractivity (Wildman–Crippen MR) is 56.4 cm³/mol. The fourth-order valence-corrected chi connectivity index (χ4v) is 3.74. The number of ether oxygens (including phenoxy) is 1. The fraction of sp³-hybridized carbons (Fsp3) is 0.833. The van der Waals surface area contributed by atoms with Crippen LogP contribution in [0.25, 0.3) is 0 Å². The third kappa shape index (κ3) is 1.22. The molecule has 0 radical (unpaired) electrons. The topological polar surface area (TPSA) is 55.4 Å². The van der Waals surface area contributed by atoms with Gasteiger partial charge in [0.15, 0.2) is 0 Å². The smallest absolute Gasteiger partial charge is 0.310 e. The van der Waals surface area contributed by atoms with Crippen molar-refractivity contribution in [3.8, 4) is 0 Å². The molecule has 0 aromatic heterocycles. The van der Waals surface area contributed by atoms with Gasteiger partial charge >= 0.3 is 5.97 Å². The lowest BCUT2D eigenvalue weighted by Crippen LogP contribution is -2.42. The Balaban J connectivity index is 1.82. The molecule has 5 atom stereocenters. The summed E-state index contributed by atoms with van der Waals surface area (Å²) in [5, 5.41) is 2.93. The molecule has 2 saturated carbocycles. The molecular weight excluding hydrogens is 206 g/mol. The number of hydrogen-bond acceptors (Lipinski definition) is 3. The zero-order valence-corrected chi connectivity index (χ0v) is 9.60. The second-order valence-corrected chi connectivity index (χ2v) is 5.59. The van der Waals surface area contributed by atoms with Crippen molar-refractivity contribution < 1.29 is 14.3 Å². The van der Waals surface area contributed by atoms with E-state index in [1.807, 2.05) is 13.8 Å². The van der Waals surface area contributed by atoms with Crippen LogP contribution in [0, 0.1) is 23.7 Å². The van der Waals surface area contributed by atoms with E-state index >= 15 is 0 Å². The Morgan fingerprint density at radius 3 is 2.88 bits per heavy atom. The molecule has 3 aliphatic rings. The van der Waals surface area contributed by atoms with E-state index in [9.17, 15) is 9.59 Å². The number of carbonyl (C=O) groups excluding carboxylic acids is 2. The van der Waals surface area contributed by atoms with Gasteiger partial charge in [0.05, 0.1) is 11.8 Å². The summed E-state index contributed by atoms with van der Waals surface area (Å²) in [6.45, 7) is 3.89. The van der Waals surface area contributed by atoms with Crippen molar-refractivity contribution in [2.45, 2.75) is 38.8 Å². The van der Waals surface area contributed by atoms with E-state index < -0.39 is 0 Å². The number of carbonyl (C=O) groups is 2. The van der Waals surface area contributed by atoms with Crippen LogP contribution >= 0.6 is 0 Å². The zero-order chi connectivity index (χ0) is 11.4. The van der Waals surface area contributed by atoms with E-state index in [0.29, 0.717) is 11.8 Å². The van der Waals surface area contributed by atoms with Crippen LogP contribution in [0.5, 0.6) is 0 Å². The quantitative estimate of drug-likeness (QED) is 0.701. The van der Waals surface area contributed by atoms with Gasteiger partial charge in [0.2, 0.25) is 5.91 Å². The monoisotopic (exact) mass is 223 g/mol. The average Bonchev–Trinajstić information content (AvgIpc) is 2.75. The summed E-state index contributed by atoms with van der Waals surface area (Å²) in [4.78, 5) is 23.8. The van der Waals surface area contributed by atoms with Crippen LogP contribution in [0.2, 0.25) is 0 Å². The molecule has 1 saturated heterocycles. The Hall–Kier alpha value is -1.06. The maximum absolute atomic E-state index is 12.1. The molecule has 1 aliphatic heterocycles. The van der Waals surface area contributed by atoms with Crippen LogP contribution in [-0.2, 0) is 14.3 Å². The van der Waals surface area contributed by atoms with Crippen LogP contribution in [0.15, 0.2) is 0 Å². The van der Waals surface area contributed by atoms with Crippen molar-refractivity contribution >= 4 is 11.9 Å². The van der Waals surface area contributed by atoms with Crippen LogP contribution in [-0.4, -0.2) is 24.0 Å². The second-order valence-electron chi connectivity index (χ2n) is 5.59. The summed E-state index contributed by atoms with van der Waals surface area (Å²) < 4.78 is 5.31. The van der Waals surface area contributed by atoms with Crippen LogP contribution in [0.1, 0.15) is 26.7 Å². The zero-order valence-electron chi connectivity index (χ0n) is 9.60. The predicted octanol–water partition coefficient (Wildman–Crippen LogP) is 0.709. The van der Waals surface area contributed by atoms with Gasteiger partial charge in [0, 0.05) is 12.0 Å². The number of nitrogens with one attached hydrogen (secondary N) is 1. The Morgan fingerprint density at radius 2 is 2.19 bits per heavy atom. The lowest BCUT2D eigenvalue weighted by molar-refractivity contribution is -0.146. The van der Waals surface area contributed by atoms with Crippen molar-refractivity contribution in [3.05, 3.63) is 0 Å². The summed E-state index contributed by atoms with van der Waals surface area (Å²) >= 11 is 0. The SMILES string of the molecule is CC(C)NC(=O)[C@H]1[C@@H]2C[C@@H]3[C@@H]1C(=O)O[C@@H]3C2. The highest BCUT2D eigenvalue weighted by Crippen LogP contribution is 2.57. The largest absolute Gasteiger partial charge is 0.462 e. The summed E-state index contributed by atoms with van der Waals surface area (Å²) in [6.07, 6.45) is 2.01. The molecule has 0 spiro atoms. The van der Waals surface area contributed by atoms with Crippen molar-refractivity contribution in [3.63, 3.8) is 0 Å². The van der Waals surface area contributed by atoms with Gasteiger partial charge in [0.25, 0.3) is 0 Å². The number of rotatable bonds is 2. The lowest BCUT2D eigenvalue weighted by Gasteiger charge is -2.24. The van der Waals surface area contributed by atoms with Crippen LogP contribution in [0.3, 0.4) is 0 Å². The minimum atomic E-state index is -0.150. The number of amides is 1. The second kappa shape index (κ2) is 3.22. The van der Waals surface area contributed by atoms with Gasteiger partial charge in [-0.15, -0.1) is 0 Å². The molecule has 88 valence electrons. The van der Waals surface area contributed by atoms with Crippen LogP contribution < -0.4 is 5.32 Å². The van der Waals surface area contributed by atoms with E-state index in [0.717, 1.165) is 12.8 Å². The molecule has 2 aliphatic carbocycles. The maximum Gasteiger partial charge on any atom is 0.310 e.